The molecule has 0 radical (unpaired) electrons. The molecular weight excluding hydrogens is 220 g/mol. The largest absolute Gasteiger partial charge is 0.392 e. The number of sulfonamides is 1. The van der Waals surface area contributed by atoms with Crippen molar-refractivity contribution >= 4 is 27.2 Å². The lowest BCUT2D eigenvalue weighted by molar-refractivity contribution is 0.350. The lowest BCUT2D eigenvalue weighted by atomic mass is 9.91. The summed E-state index contributed by atoms with van der Waals surface area (Å²) >= 11 is 4.54. The van der Waals surface area contributed by atoms with E-state index < -0.39 is 10.0 Å². The molecule has 6 heteroatoms. The van der Waals surface area contributed by atoms with Gasteiger partial charge in [0, 0.05) is 6.54 Å². The molecule has 0 aromatic carbocycles. The molecule has 0 heterocycles. The summed E-state index contributed by atoms with van der Waals surface area (Å²) in [5.41, 5.74) is 5.12. The van der Waals surface area contributed by atoms with Gasteiger partial charge < -0.3 is 5.73 Å². The third kappa shape index (κ3) is 6.28. The normalized spacial score (nSPS) is 12.8. The first-order valence-electron chi connectivity index (χ1n) is 4.44. The highest BCUT2D eigenvalue weighted by Crippen LogP contribution is 2.17. The van der Waals surface area contributed by atoms with Gasteiger partial charge in [-0.15, -0.1) is 0 Å². The van der Waals surface area contributed by atoms with Gasteiger partial charge in [0.25, 0.3) is 0 Å². The first kappa shape index (κ1) is 13.8. The highest BCUT2D eigenvalue weighted by Gasteiger charge is 2.19. The molecule has 14 heavy (non-hydrogen) atoms. The van der Waals surface area contributed by atoms with Crippen molar-refractivity contribution in [3.63, 3.8) is 0 Å². The first-order chi connectivity index (χ1) is 6.18. The summed E-state index contributed by atoms with van der Waals surface area (Å²) in [5, 5.41) is 0. The van der Waals surface area contributed by atoms with Gasteiger partial charge >= 0.3 is 0 Å². The zero-order valence-electron chi connectivity index (χ0n) is 8.83. The van der Waals surface area contributed by atoms with Crippen molar-refractivity contribution in [1.82, 2.24) is 4.72 Å². The maximum Gasteiger partial charge on any atom is 0.218 e. The summed E-state index contributed by atoms with van der Waals surface area (Å²) in [6, 6.07) is 0. The zero-order chi connectivity index (χ0) is 11.4. The topological polar surface area (TPSA) is 72.2 Å². The third-order valence-electron chi connectivity index (χ3n) is 2.06. The fourth-order valence-corrected chi connectivity index (χ4v) is 2.22. The second kappa shape index (κ2) is 5.04. The monoisotopic (exact) mass is 238 g/mol. The van der Waals surface area contributed by atoms with Gasteiger partial charge in [0.15, 0.2) is 0 Å². The molecule has 0 rings (SSSR count). The van der Waals surface area contributed by atoms with E-state index in [-0.39, 0.29) is 16.2 Å². The van der Waals surface area contributed by atoms with Crippen LogP contribution < -0.4 is 10.5 Å². The van der Waals surface area contributed by atoms with Gasteiger partial charge in [0.05, 0.1) is 4.99 Å². The maximum absolute atomic E-state index is 11.3. The summed E-state index contributed by atoms with van der Waals surface area (Å²) in [5.74, 6) is -0.276. The molecule has 0 unspecified atom stereocenters. The summed E-state index contributed by atoms with van der Waals surface area (Å²) in [4.78, 5) is -0.00759. The van der Waals surface area contributed by atoms with Crippen LogP contribution in [0.2, 0.25) is 0 Å². The van der Waals surface area contributed by atoms with Crippen LogP contribution in [0.3, 0.4) is 0 Å². The SMILES string of the molecule is CCC(C)(C)CNS(=O)(=O)CC(N)=S. The first-order valence-corrected chi connectivity index (χ1v) is 6.50. The van der Waals surface area contributed by atoms with Crippen LogP contribution in [0.5, 0.6) is 0 Å². The Labute approximate surface area is 91.3 Å². The molecule has 0 aliphatic heterocycles. The predicted octanol–water partition coefficient (Wildman–Crippen LogP) is 0.628. The third-order valence-corrected chi connectivity index (χ3v) is 3.66. The summed E-state index contributed by atoms with van der Waals surface area (Å²) < 4.78 is 25.1. The molecule has 0 aliphatic rings. The molecule has 0 spiro atoms. The van der Waals surface area contributed by atoms with Crippen molar-refractivity contribution in [2.45, 2.75) is 27.2 Å². The summed E-state index contributed by atoms with van der Waals surface area (Å²) in [6.45, 7) is 6.42. The van der Waals surface area contributed by atoms with Crippen molar-refractivity contribution in [3.05, 3.63) is 0 Å². The van der Waals surface area contributed by atoms with Crippen LogP contribution in [0, 0.1) is 5.41 Å². The van der Waals surface area contributed by atoms with Crippen molar-refractivity contribution in [2.24, 2.45) is 11.1 Å². The van der Waals surface area contributed by atoms with E-state index in [1.165, 1.54) is 0 Å². The second-order valence-electron chi connectivity index (χ2n) is 4.06. The molecule has 0 bridgehead atoms. The van der Waals surface area contributed by atoms with E-state index in [1.807, 2.05) is 20.8 Å². The quantitative estimate of drug-likeness (QED) is 0.666. The van der Waals surface area contributed by atoms with Crippen LogP contribution in [-0.2, 0) is 10.0 Å². The molecule has 0 aliphatic carbocycles. The molecule has 3 N–H and O–H groups in total. The molecule has 0 aromatic rings. The Balaban J connectivity index is 4.20. The van der Waals surface area contributed by atoms with Crippen molar-refractivity contribution in [3.8, 4) is 0 Å². The van der Waals surface area contributed by atoms with E-state index in [0.29, 0.717) is 6.54 Å². The van der Waals surface area contributed by atoms with Crippen LogP contribution in [0.25, 0.3) is 0 Å². The van der Waals surface area contributed by atoms with Gasteiger partial charge in [-0.05, 0) is 11.8 Å². The predicted molar refractivity (Wildman–Crippen MR) is 62.6 cm³/mol. The number of hydrogen-bond donors (Lipinski definition) is 2. The smallest absolute Gasteiger partial charge is 0.218 e. The van der Waals surface area contributed by atoms with Crippen LogP contribution in [-0.4, -0.2) is 25.7 Å². The number of nitrogens with one attached hydrogen (secondary N) is 1. The molecule has 84 valence electrons. The Morgan fingerprint density at radius 1 is 1.50 bits per heavy atom. The highest BCUT2D eigenvalue weighted by molar-refractivity contribution is 7.92. The fourth-order valence-electron chi connectivity index (χ4n) is 0.669. The van der Waals surface area contributed by atoms with E-state index in [0.717, 1.165) is 6.42 Å². The lowest BCUT2D eigenvalue weighted by Crippen LogP contribution is -2.37. The van der Waals surface area contributed by atoms with Crippen molar-refractivity contribution in [1.29, 1.82) is 0 Å². The van der Waals surface area contributed by atoms with E-state index in [4.69, 9.17) is 5.73 Å². The van der Waals surface area contributed by atoms with Gasteiger partial charge in [-0.3, -0.25) is 0 Å². The number of nitrogens with two attached hydrogens (primary N) is 1. The van der Waals surface area contributed by atoms with E-state index >= 15 is 0 Å². The molecule has 0 fully saturated rings. The Hall–Kier alpha value is -0.200. The molecule has 0 saturated carbocycles. The molecule has 0 saturated heterocycles. The van der Waals surface area contributed by atoms with Crippen LogP contribution in [0.15, 0.2) is 0 Å². The van der Waals surface area contributed by atoms with Crippen molar-refractivity contribution < 1.29 is 8.42 Å². The summed E-state index contributed by atoms with van der Waals surface area (Å²) in [6.07, 6.45) is 0.905. The van der Waals surface area contributed by atoms with Crippen LogP contribution in [0.1, 0.15) is 27.2 Å². The van der Waals surface area contributed by atoms with E-state index in [1.54, 1.807) is 0 Å². The molecule has 4 nitrogen and oxygen atoms in total. The Morgan fingerprint density at radius 2 is 2.00 bits per heavy atom. The van der Waals surface area contributed by atoms with Gasteiger partial charge in [0.2, 0.25) is 10.0 Å². The minimum Gasteiger partial charge on any atom is -0.392 e. The van der Waals surface area contributed by atoms with Crippen LogP contribution >= 0.6 is 12.2 Å². The number of rotatable bonds is 6. The van der Waals surface area contributed by atoms with E-state index in [2.05, 4.69) is 16.9 Å². The number of thiocarbonyl (C=S) groups is 1. The second-order valence-corrected chi connectivity index (χ2v) is 6.40. The minimum atomic E-state index is -3.34. The van der Waals surface area contributed by atoms with Crippen molar-refractivity contribution in [2.75, 3.05) is 12.3 Å². The van der Waals surface area contributed by atoms with Gasteiger partial charge in [-0.2, -0.15) is 0 Å². The molecule has 0 amide bonds. The molecule has 0 aromatic heterocycles. The van der Waals surface area contributed by atoms with Gasteiger partial charge in [-0.25, -0.2) is 13.1 Å². The molecular formula is C8H18N2O2S2. The number of hydrogen-bond acceptors (Lipinski definition) is 3. The Kier molecular flexibility index (Phi) is 4.97. The van der Waals surface area contributed by atoms with Crippen LogP contribution in [0.4, 0.5) is 0 Å². The standard InChI is InChI=1S/C8H18N2O2S2/c1-4-8(2,3)6-10-14(11,12)5-7(9)13/h10H,4-6H2,1-3H3,(H2,9,13). The molecule has 0 atom stereocenters. The van der Waals surface area contributed by atoms with Gasteiger partial charge in [0.1, 0.15) is 5.75 Å². The van der Waals surface area contributed by atoms with E-state index in [9.17, 15) is 8.42 Å². The zero-order valence-corrected chi connectivity index (χ0v) is 10.5. The highest BCUT2D eigenvalue weighted by atomic mass is 32.2. The fraction of sp³-hybridized carbons (Fsp3) is 0.875. The minimum absolute atomic E-state index is 0.00759. The lowest BCUT2D eigenvalue weighted by Gasteiger charge is -2.22. The average Bonchev–Trinajstić information content (AvgIpc) is 1.99. The Morgan fingerprint density at radius 3 is 2.36 bits per heavy atom. The van der Waals surface area contributed by atoms with Gasteiger partial charge in [-0.1, -0.05) is 33.0 Å². The average molecular weight is 238 g/mol. The maximum atomic E-state index is 11.3. The summed E-state index contributed by atoms with van der Waals surface area (Å²) in [7, 11) is -3.34. The Bertz CT molecular complexity index is 296.